The first kappa shape index (κ1) is 23.4. The second-order valence-electron chi connectivity index (χ2n) is 7.83. The number of nitrogens with zero attached hydrogens (tertiary/aromatic N) is 1. The van der Waals surface area contributed by atoms with Crippen molar-refractivity contribution in [1.29, 1.82) is 0 Å². The summed E-state index contributed by atoms with van der Waals surface area (Å²) in [4.78, 5) is 16.7. The Morgan fingerprint density at radius 1 is 0.912 bits per heavy atom. The van der Waals surface area contributed by atoms with Crippen molar-refractivity contribution in [2.45, 2.75) is 17.7 Å². The van der Waals surface area contributed by atoms with Crippen molar-refractivity contribution in [2.24, 2.45) is 5.14 Å². The normalized spacial score (nSPS) is 11.3. The van der Waals surface area contributed by atoms with E-state index in [0.717, 1.165) is 22.0 Å². The molecule has 1 amide bonds. The molecular formula is C26H25N3O4S. The number of benzene rings is 3. The van der Waals surface area contributed by atoms with Crippen LogP contribution in [0.1, 0.15) is 21.5 Å². The van der Waals surface area contributed by atoms with E-state index in [-0.39, 0.29) is 16.6 Å². The number of amides is 1. The number of nitrogens with one attached hydrogen (secondary N) is 1. The molecule has 0 aliphatic rings. The van der Waals surface area contributed by atoms with Gasteiger partial charge in [0, 0.05) is 24.5 Å². The van der Waals surface area contributed by atoms with Crippen LogP contribution in [0.4, 0.5) is 0 Å². The lowest BCUT2D eigenvalue weighted by molar-refractivity contribution is 0.0954. The van der Waals surface area contributed by atoms with Crippen molar-refractivity contribution >= 4 is 26.8 Å². The van der Waals surface area contributed by atoms with E-state index >= 15 is 0 Å². The smallest absolute Gasteiger partial charge is 0.252 e. The zero-order valence-electron chi connectivity index (χ0n) is 18.5. The molecule has 3 aromatic carbocycles. The molecule has 0 fully saturated rings. The predicted molar refractivity (Wildman–Crippen MR) is 131 cm³/mol. The third-order valence-electron chi connectivity index (χ3n) is 5.36. The van der Waals surface area contributed by atoms with Gasteiger partial charge in [-0.1, -0.05) is 54.6 Å². The van der Waals surface area contributed by atoms with Crippen molar-refractivity contribution in [1.82, 2.24) is 10.3 Å². The Bertz CT molecular complexity index is 1410. The molecule has 1 heterocycles. The van der Waals surface area contributed by atoms with E-state index < -0.39 is 10.0 Å². The summed E-state index contributed by atoms with van der Waals surface area (Å²) in [5, 5.41) is 9.15. The van der Waals surface area contributed by atoms with Gasteiger partial charge in [-0.25, -0.2) is 13.6 Å². The lowest BCUT2D eigenvalue weighted by atomic mass is 10.1. The number of carbonyl (C=O) groups is 1. The molecule has 0 atom stereocenters. The molecule has 0 unspecified atom stereocenters. The van der Waals surface area contributed by atoms with E-state index in [1.807, 2.05) is 54.6 Å². The molecular weight excluding hydrogens is 450 g/mol. The number of ether oxygens (including phenoxy) is 1. The van der Waals surface area contributed by atoms with Gasteiger partial charge < -0.3 is 10.1 Å². The van der Waals surface area contributed by atoms with Crippen molar-refractivity contribution < 1.29 is 17.9 Å². The first-order valence-corrected chi connectivity index (χ1v) is 12.4. The summed E-state index contributed by atoms with van der Waals surface area (Å²) in [6.45, 7) is 0.645. The van der Waals surface area contributed by atoms with Crippen LogP contribution in [0.25, 0.3) is 10.9 Å². The minimum Gasteiger partial charge on any atom is -0.492 e. The van der Waals surface area contributed by atoms with Gasteiger partial charge in [0.15, 0.2) is 0 Å². The van der Waals surface area contributed by atoms with Gasteiger partial charge >= 0.3 is 0 Å². The third kappa shape index (κ3) is 5.98. The molecule has 0 radical (unpaired) electrons. The number of sulfonamides is 1. The third-order valence-corrected chi connectivity index (χ3v) is 6.29. The number of rotatable bonds is 9. The second-order valence-corrected chi connectivity index (χ2v) is 9.36. The molecule has 1 aromatic heterocycles. The average molecular weight is 476 g/mol. The van der Waals surface area contributed by atoms with Crippen molar-refractivity contribution in [2.75, 3.05) is 13.2 Å². The van der Waals surface area contributed by atoms with Crippen LogP contribution in [0.3, 0.4) is 0 Å². The van der Waals surface area contributed by atoms with Crippen LogP contribution >= 0.6 is 0 Å². The maximum atomic E-state index is 12.5. The largest absolute Gasteiger partial charge is 0.492 e. The summed E-state index contributed by atoms with van der Waals surface area (Å²) < 4.78 is 30.0. The highest BCUT2D eigenvalue weighted by atomic mass is 32.2. The summed E-state index contributed by atoms with van der Waals surface area (Å²) >= 11 is 0. The Balaban J connectivity index is 1.38. The van der Waals surface area contributed by atoms with E-state index in [1.165, 1.54) is 6.07 Å². The molecule has 3 N–H and O–H groups in total. The Labute approximate surface area is 198 Å². The molecule has 0 bridgehead atoms. The van der Waals surface area contributed by atoms with Crippen LogP contribution in [-0.2, 0) is 22.9 Å². The number of pyridine rings is 1. The topological polar surface area (TPSA) is 111 Å². The monoisotopic (exact) mass is 475 g/mol. The number of hydrogen-bond acceptors (Lipinski definition) is 5. The van der Waals surface area contributed by atoms with Gasteiger partial charge in [0.25, 0.3) is 5.91 Å². The van der Waals surface area contributed by atoms with Gasteiger partial charge in [0.05, 0.1) is 17.7 Å². The molecule has 0 saturated heterocycles. The first-order valence-electron chi connectivity index (χ1n) is 10.9. The van der Waals surface area contributed by atoms with Crippen LogP contribution in [-0.4, -0.2) is 32.5 Å². The highest BCUT2D eigenvalue weighted by Gasteiger charge is 2.16. The van der Waals surface area contributed by atoms with Gasteiger partial charge in [0.2, 0.25) is 10.0 Å². The van der Waals surface area contributed by atoms with Crippen LogP contribution in [0.5, 0.6) is 5.75 Å². The molecule has 0 saturated carbocycles. The summed E-state index contributed by atoms with van der Waals surface area (Å²) in [5.41, 5.74) is 3.09. The molecule has 8 heteroatoms. The van der Waals surface area contributed by atoms with Crippen molar-refractivity contribution in [3.8, 4) is 5.75 Å². The summed E-state index contributed by atoms with van der Waals surface area (Å²) in [7, 11) is -3.98. The minimum atomic E-state index is -3.98. The number of carbonyl (C=O) groups excluding carboxylic acids is 1. The Kier molecular flexibility index (Phi) is 7.20. The quantitative estimate of drug-likeness (QED) is 0.385. The number of hydrogen-bond donors (Lipinski definition) is 2. The highest BCUT2D eigenvalue weighted by Crippen LogP contribution is 2.25. The second kappa shape index (κ2) is 10.5. The minimum absolute atomic E-state index is 0.0666. The lowest BCUT2D eigenvalue weighted by Crippen LogP contribution is -2.26. The molecule has 4 aromatic rings. The fourth-order valence-electron chi connectivity index (χ4n) is 3.59. The number of para-hydroxylation sites is 1. The molecule has 0 aliphatic heterocycles. The number of primary sulfonamides is 1. The van der Waals surface area contributed by atoms with Gasteiger partial charge in [-0.2, -0.15) is 0 Å². The summed E-state index contributed by atoms with van der Waals surface area (Å²) in [6, 6.07) is 24.0. The van der Waals surface area contributed by atoms with Gasteiger partial charge in [-0.05, 0) is 41.8 Å². The Morgan fingerprint density at radius 2 is 1.68 bits per heavy atom. The Hall–Kier alpha value is -3.75. The van der Waals surface area contributed by atoms with Gasteiger partial charge in [0.1, 0.15) is 10.6 Å². The molecule has 4 rings (SSSR count). The summed E-state index contributed by atoms with van der Waals surface area (Å²) in [6.07, 6.45) is 2.61. The van der Waals surface area contributed by atoms with E-state index in [2.05, 4.69) is 10.3 Å². The fourth-order valence-corrected chi connectivity index (χ4v) is 4.31. The van der Waals surface area contributed by atoms with Gasteiger partial charge in [-0.3, -0.25) is 9.78 Å². The maximum Gasteiger partial charge on any atom is 0.252 e. The van der Waals surface area contributed by atoms with Crippen molar-refractivity contribution in [3.05, 3.63) is 102 Å². The Morgan fingerprint density at radius 3 is 2.47 bits per heavy atom. The maximum absolute atomic E-state index is 12.5. The van der Waals surface area contributed by atoms with E-state index in [4.69, 9.17) is 9.88 Å². The fraction of sp³-hybridized carbons (Fsp3) is 0.154. The van der Waals surface area contributed by atoms with E-state index in [0.29, 0.717) is 31.6 Å². The zero-order chi connectivity index (χ0) is 24.0. The number of fused-ring (bicyclic) bond motifs is 1. The van der Waals surface area contributed by atoms with Crippen LogP contribution in [0.15, 0.2) is 90.0 Å². The van der Waals surface area contributed by atoms with Crippen LogP contribution < -0.4 is 15.2 Å². The molecule has 7 nitrogen and oxygen atoms in total. The predicted octanol–water partition coefficient (Wildman–Crippen LogP) is 3.48. The average Bonchev–Trinajstić information content (AvgIpc) is 2.84. The zero-order valence-corrected chi connectivity index (χ0v) is 19.3. The molecule has 0 aliphatic carbocycles. The van der Waals surface area contributed by atoms with E-state index in [1.54, 1.807) is 24.4 Å². The molecule has 174 valence electrons. The highest BCUT2D eigenvalue weighted by molar-refractivity contribution is 7.89. The van der Waals surface area contributed by atoms with Crippen LogP contribution in [0.2, 0.25) is 0 Å². The van der Waals surface area contributed by atoms with E-state index in [9.17, 15) is 13.2 Å². The van der Waals surface area contributed by atoms with Gasteiger partial charge in [-0.15, -0.1) is 0 Å². The lowest BCUT2D eigenvalue weighted by Gasteiger charge is -2.12. The number of aromatic nitrogens is 1. The van der Waals surface area contributed by atoms with Crippen LogP contribution in [0, 0.1) is 0 Å². The molecule has 0 spiro atoms. The first-order chi connectivity index (χ1) is 16.4. The standard InChI is InChI=1S/C26H25N3O4S/c27-34(31,32)25-16-20(10-11-24(25)33-15-13-19-6-2-1-3-7-19)12-14-28-26(30)22-17-21-8-4-5-9-23(21)29-18-22/h1-11,16-18H,12-15H2,(H,28,30)(H2,27,31,32). The SMILES string of the molecule is NS(=O)(=O)c1cc(CCNC(=O)c2cnc3ccccc3c2)ccc1OCCc1ccccc1. The number of nitrogens with two attached hydrogens (primary N) is 1. The summed E-state index contributed by atoms with van der Waals surface area (Å²) in [5.74, 6) is -0.0285. The molecule has 34 heavy (non-hydrogen) atoms. The van der Waals surface area contributed by atoms with Crippen molar-refractivity contribution in [3.63, 3.8) is 0 Å².